The molecule has 1 atom stereocenters. The Morgan fingerprint density at radius 3 is 2.57 bits per heavy atom. The van der Waals surface area contributed by atoms with E-state index in [2.05, 4.69) is 5.43 Å². The van der Waals surface area contributed by atoms with Crippen molar-refractivity contribution in [2.45, 2.75) is 19.1 Å². The molecule has 1 amide bonds. The third kappa shape index (κ3) is 4.28. The van der Waals surface area contributed by atoms with Gasteiger partial charge < -0.3 is 10.3 Å². The number of nitrogens with one attached hydrogen (secondary N) is 1. The second-order valence-corrected chi connectivity index (χ2v) is 5.53. The van der Waals surface area contributed by atoms with Crippen LogP contribution in [0.5, 0.6) is 0 Å². The Bertz CT molecular complexity index is 508. The maximum Gasteiger partial charge on any atom is 0.416 e. The van der Waals surface area contributed by atoms with Gasteiger partial charge in [-0.25, -0.2) is 0 Å². The second-order valence-electron chi connectivity index (χ2n) is 4.62. The molecule has 0 spiro atoms. The summed E-state index contributed by atoms with van der Waals surface area (Å²) in [5.41, 5.74) is 1.45. The van der Waals surface area contributed by atoms with Crippen molar-refractivity contribution in [1.29, 1.82) is 0 Å². The fourth-order valence-corrected chi connectivity index (χ4v) is 2.47. The van der Waals surface area contributed by atoms with Crippen LogP contribution in [0.3, 0.4) is 0 Å². The lowest BCUT2D eigenvalue weighted by atomic mass is 10.1. The lowest BCUT2D eigenvalue weighted by Crippen LogP contribution is -2.37. The summed E-state index contributed by atoms with van der Waals surface area (Å²) in [7, 11) is 1.56. The molecule has 0 saturated heterocycles. The number of halogens is 3. The number of amides is 1. The number of nitrogens with two attached hydrogens (primary N) is 1. The Kier molecular flexibility index (Phi) is 5.91. The maximum absolute atomic E-state index is 12.8. The number of nitrogen functional groups attached to an aromatic ring is 1. The van der Waals surface area contributed by atoms with E-state index in [9.17, 15) is 18.0 Å². The molecule has 1 unspecified atom stereocenters. The smallest absolute Gasteiger partial charge is 0.338 e. The molecular weight excluding hydrogens is 303 g/mol. The molecule has 0 bridgehead atoms. The molecule has 3 N–H and O–H groups in total. The summed E-state index contributed by atoms with van der Waals surface area (Å²) < 4.78 is 38.3. The molecule has 8 heteroatoms. The van der Waals surface area contributed by atoms with E-state index < -0.39 is 17.6 Å². The topological polar surface area (TPSA) is 58.4 Å². The van der Waals surface area contributed by atoms with Crippen molar-refractivity contribution in [2.24, 2.45) is 5.84 Å². The van der Waals surface area contributed by atoms with Gasteiger partial charge in [-0.05, 0) is 31.4 Å². The van der Waals surface area contributed by atoms with Crippen LogP contribution in [-0.4, -0.2) is 35.9 Å². The number of benzene rings is 1. The van der Waals surface area contributed by atoms with Crippen molar-refractivity contribution in [3.05, 3.63) is 29.3 Å². The minimum absolute atomic E-state index is 0.0946. The van der Waals surface area contributed by atoms with Crippen LogP contribution in [0.2, 0.25) is 0 Å². The second kappa shape index (κ2) is 7.04. The van der Waals surface area contributed by atoms with Crippen LogP contribution in [0.1, 0.15) is 22.8 Å². The fraction of sp³-hybridized carbons (Fsp3) is 0.462. The zero-order valence-electron chi connectivity index (χ0n) is 12.0. The molecule has 118 valence electrons. The van der Waals surface area contributed by atoms with E-state index in [4.69, 9.17) is 5.84 Å². The van der Waals surface area contributed by atoms with Crippen LogP contribution in [0.25, 0.3) is 0 Å². The SMILES string of the molecule is CSCC(C)N(C)C(=O)c1cc(C(F)(F)F)ccc1NN. The zero-order valence-corrected chi connectivity index (χ0v) is 12.8. The Balaban J connectivity index is 3.17. The highest BCUT2D eigenvalue weighted by atomic mass is 32.2. The first-order chi connectivity index (χ1) is 9.72. The Labute approximate surface area is 125 Å². The quantitative estimate of drug-likeness (QED) is 0.647. The zero-order chi connectivity index (χ0) is 16.2. The number of hydrogen-bond acceptors (Lipinski definition) is 4. The van der Waals surface area contributed by atoms with Gasteiger partial charge in [-0.3, -0.25) is 10.6 Å². The van der Waals surface area contributed by atoms with Crippen LogP contribution < -0.4 is 11.3 Å². The number of hydrogen-bond donors (Lipinski definition) is 2. The van der Waals surface area contributed by atoms with Crippen LogP contribution in [0.4, 0.5) is 18.9 Å². The van der Waals surface area contributed by atoms with E-state index in [0.717, 1.165) is 18.2 Å². The van der Waals surface area contributed by atoms with Gasteiger partial charge in [-0.1, -0.05) is 0 Å². The molecule has 0 saturated carbocycles. The third-order valence-electron chi connectivity index (χ3n) is 3.12. The van der Waals surface area contributed by atoms with E-state index in [1.807, 2.05) is 13.2 Å². The van der Waals surface area contributed by atoms with Gasteiger partial charge in [0.05, 0.1) is 16.8 Å². The van der Waals surface area contributed by atoms with Gasteiger partial charge in [-0.15, -0.1) is 0 Å². The third-order valence-corrected chi connectivity index (χ3v) is 3.94. The van der Waals surface area contributed by atoms with Gasteiger partial charge in [0.2, 0.25) is 0 Å². The Morgan fingerprint density at radius 1 is 1.48 bits per heavy atom. The molecule has 0 aliphatic heterocycles. The largest absolute Gasteiger partial charge is 0.416 e. The average molecular weight is 321 g/mol. The van der Waals surface area contributed by atoms with E-state index in [1.165, 1.54) is 4.90 Å². The van der Waals surface area contributed by atoms with Crippen molar-refractivity contribution >= 4 is 23.4 Å². The summed E-state index contributed by atoms with van der Waals surface area (Å²) in [4.78, 5) is 13.8. The van der Waals surface area contributed by atoms with E-state index in [1.54, 1.807) is 18.8 Å². The minimum atomic E-state index is -4.51. The maximum atomic E-state index is 12.8. The number of carbonyl (C=O) groups is 1. The normalized spacial score (nSPS) is 12.9. The molecule has 4 nitrogen and oxygen atoms in total. The summed E-state index contributed by atoms with van der Waals surface area (Å²) in [6, 6.07) is 2.76. The van der Waals surface area contributed by atoms with Crippen molar-refractivity contribution in [1.82, 2.24) is 4.90 Å². The molecule has 0 radical (unpaired) electrons. The van der Waals surface area contributed by atoms with Crippen molar-refractivity contribution in [3.8, 4) is 0 Å². The van der Waals surface area contributed by atoms with E-state index in [0.29, 0.717) is 5.75 Å². The van der Waals surface area contributed by atoms with Gasteiger partial charge in [0.25, 0.3) is 5.91 Å². The number of nitrogens with zero attached hydrogens (tertiary/aromatic N) is 1. The highest BCUT2D eigenvalue weighted by molar-refractivity contribution is 7.98. The molecule has 0 aliphatic carbocycles. The van der Waals surface area contributed by atoms with Gasteiger partial charge in [0.15, 0.2) is 0 Å². The van der Waals surface area contributed by atoms with Gasteiger partial charge in [0.1, 0.15) is 0 Å². The number of anilines is 1. The van der Waals surface area contributed by atoms with Crippen LogP contribution >= 0.6 is 11.8 Å². The summed E-state index contributed by atoms with van der Waals surface area (Å²) in [5.74, 6) is 5.46. The van der Waals surface area contributed by atoms with Gasteiger partial charge in [-0.2, -0.15) is 24.9 Å². The first kappa shape index (κ1) is 17.6. The van der Waals surface area contributed by atoms with Crippen molar-refractivity contribution in [2.75, 3.05) is 24.5 Å². The molecule has 0 aliphatic rings. The Morgan fingerprint density at radius 2 is 2.10 bits per heavy atom. The summed E-state index contributed by atoms with van der Waals surface area (Å²) in [6.45, 7) is 1.83. The molecule has 0 heterocycles. The Hall–Kier alpha value is -1.41. The van der Waals surface area contributed by atoms with E-state index in [-0.39, 0.29) is 17.3 Å². The van der Waals surface area contributed by atoms with Crippen LogP contribution in [-0.2, 0) is 6.18 Å². The highest BCUT2D eigenvalue weighted by Gasteiger charge is 2.32. The van der Waals surface area contributed by atoms with Crippen molar-refractivity contribution < 1.29 is 18.0 Å². The minimum Gasteiger partial charge on any atom is -0.338 e. The van der Waals surface area contributed by atoms with Crippen LogP contribution in [0, 0.1) is 0 Å². The number of hydrazine groups is 1. The number of alkyl halides is 3. The standard InChI is InChI=1S/C13H18F3N3OS/c1-8(7-21-3)19(2)12(20)10-6-9(13(14,15)16)4-5-11(10)18-17/h4-6,8,18H,7,17H2,1-3H3. The van der Waals surface area contributed by atoms with Crippen LogP contribution in [0.15, 0.2) is 18.2 Å². The predicted octanol–water partition coefficient (Wildman–Crippen LogP) is 2.81. The lowest BCUT2D eigenvalue weighted by molar-refractivity contribution is -0.137. The predicted molar refractivity (Wildman–Crippen MR) is 79.2 cm³/mol. The molecule has 1 aromatic carbocycles. The molecule has 0 fully saturated rings. The van der Waals surface area contributed by atoms with Gasteiger partial charge >= 0.3 is 6.18 Å². The number of carbonyl (C=O) groups excluding carboxylic acids is 1. The van der Waals surface area contributed by atoms with Crippen molar-refractivity contribution in [3.63, 3.8) is 0 Å². The van der Waals surface area contributed by atoms with Gasteiger partial charge in [0, 0.05) is 18.8 Å². The fourth-order valence-electron chi connectivity index (χ4n) is 1.77. The molecule has 1 rings (SSSR count). The molecule has 21 heavy (non-hydrogen) atoms. The first-order valence-corrected chi connectivity index (χ1v) is 7.55. The average Bonchev–Trinajstić information content (AvgIpc) is 2.44. The van der Waals surface area contributed by atoms with E-state index >= 15 is 0 Å². The highest BCUT2D eigenvalue weighted by Crippen LogP contribution is 2.32. The molecule has 1 aromatic rings. The molecular formula is C13H18F3N3OS. The molecule has 0 aromatic heterocycles. The number of thioether (sulfide) groups is 1. The summed E-state index contributed by atoms with van der Waals surface area (Å²) in [5, 5.41) is 0. The lowest BCUT2D eigenvalue weighted by Gasteiger charge is -2.25. The monoisotopic (exact) mass is 321 g/mol. The number of rotatable bonds is 5. The summed E-state index contributed by atoms with van der Waals surface area (Å²) in [6.07, 6.45) is -2.61. The first-order valence-electron chi connectivity index (χ1n) is 6.16. The summed E-state index contributed by atoms with van der Waals surface area (Å²) >= 11 is 1.55.